The quantitative estimate of drug-likeness (QED) is 0.0324. The lowest BCUT2D eigenvalue weighted by molar-refractivity contribution is -0.139. The molecule has 14 amide bonds. The fourth-order valence-electron chi connectivity index (χ4n) is 10.00. The molecule has 0 bridgehead atoms. The lowest BCUT2D eigenvalue weighted by atomic mass is 10.0. The van der Waals surface area contributed by atoms with Crippen LogP contribution in [0.1, 0.15) is 188 Å². The van der Waals surface area contributed by atoms with Gasteiger partial charge in [-0.15, -0.1) is 0 Å². The molecule has 0 N–H and O–H groups in total. The molecule has 1 unspecified atom stereocenters. The molecule has 7 heterocycles. The number of unbranched alkanes of at least 4 members (excludes halogenated alkanes) is 20. The van der Waals surface area contributed by atoms with Crippen molar-refractivity contribution in [3.8, 4) is 0 Å². The van der Waals surface area contributed by atoms with Gasteiger partial charge in [-0.3, -0.25) is 101 Å². The molecule has 7 rings (SSSR count). The fourth-order valence-corrected chi connectivity index (χ4v) is 10.00. The van der Waals surface area contributed by atoms with E-state index in [0.29, 0.717) is 52.2 Å². The molecule has 480 valence electrons. The summed E-state index contributed by atoms with van der Waals surface area (Å²) >= 11 is 0. The van der Waals surface area contributed by atoms with Crippen molar-refractivity contribution in [2.24, 2.45) is 5.92 Å². The van der Waals surface area contributed by atoms with Crippen molar-refractivity contribution >= 4 is 82.7 Å². The Kier molecular flexibility index (Phi) is 36.0. The largest absolute Gasteiger partial charge is 0.276 e. The number of likely N-dealkylation sites (N-methyl/N-ethyl adjacent to an activating group) is 2. The van der Waals surface area contributed by atoms with Crippen molar-refractivity contribution in [1.82, 2.24) is 34.3 Å². The summed E-state index contributed by atoms with van der Waals surface area (Å²) in [5.74, 6) is -2.92. The molecule has 0 saturated heterocycles. The van der Waals surface area contributed by atoms with Gasteiger partial charge in [0.1, 0.15) is 0 Å². The maximum Gasteiger partial charge on any atom is 0.253 e. The van der Waals surface area contributed by atoms with Gasteiger partial charge in [0.15, 0.2) is 0 Å². The zero-order valence-corrected chi connectivity index (χ0v) is 52.3. The highest BCUT2D eigenvalue weighted by Crippen LogP contribution is 2.17. The Labute approximate surface area is 519 Å². The van der Waals surface area contributed by atoms with Gasteiger partial charge in [0.25, 0.3) is 82.7 Å². The molecule has 1 atom stereocenters. The minimum Gasteiger partial charge on any atom is -0.276 e. The highest BCUT2D eigenvalue weighted by molar-refractivity contribution is 6.16. The number of rotatable bonds is 36. The van der Waals surface area contributed by atoms with E-state index < -0.39 is 0 Å². The summed E-state index contributed by atoms with van der Waals surface area (Å²) in [6.07, 6.45) is 51.6. The molecule has 0 radical (unpaired) electrons. The van der Waals surface area contributed by atoms with Crippen molar-refractivity contribution in [3.05, 3.63) is 97.2 Å². The molecule has 21 nitrogen and oxygen atoms in total. The van der Waals surface area contributed by atoms with Crippen molar-refractivity contribution in [3.63, 3.8) is 0 Å². The summed E-state index contributed by atoms with van der Waals surface area (Å²) < 4.78 is 0. The molecule has 7 aliphatic rings. The zero-order chi connectivity index (χ0) is 64.6. The van der Waals surface area contributed by atoms with Crippen molar-refractivity contribution < 1.29 is 67.1 Å². The molecule has 0 fully saturated rings. The van der Waals surface area contributed by atoms with E-state index in [1.54, 1.807) is 13.8 Å². The predicted molar refractivity (Wildman–Crippen MR) is 332 cm³/mol. The molecular weight excluding hydrogens is 1130 g/mol. The second-order valence-electron chi connectivity index (χ2n) is 22.1. The number of carbonyl (C=O) groups is 14. The number of imide groups is 7. The van der Waals surface area contributed by atoms with E-state index >= 15 is 0 Å². The number of hydrogen-bond donors (Lipinski definition) is 0. The van der Waals surface area contributed by atoms with E-state index in [2.05, 4.69) is 19.1 Å². The molecule has 0 saturated carbocycles. The minimum atomic E-state index is -0.282. The van der Waals surface area contributed by atoms with E-state index in [1.807, 2.05) is 6.92 Å². The van der Waals surface area contributed by atoms with Crippen LogP contribution in [0.15, 0.2) is 97.2 Å². The summed E-state index contributed by atoms with van der Waals surface area (Å²) in [6, 6.07) is 0. The van der Waals surface area contributed by atoms with Gasteiger partial charge in [0.05, 0.1) is 0 Å². The number of allylic oxidation sites excluding steroid dienone is 2. The Balaban J connectivity index is 0.000000303. The average Bonchev–Trinajstić information content (AvgIpc) is 4.61. The Bertz CT molecular complexity index is 2480. The monoisotopic (exact) mass is 1220 g/mol. The number of nitrogens with zero attached hydrogens (tertiary/aromatic N) is 7. The first-order valence-corrected chi connectivity index (χ1v) is 31.7. The maximum atomic E-state index is 11.4. The molecule has 0 aromatic heterocycles. The van der Waals surface area contributed by atoms with Crippen molar-refractivity contribution in [2.45, 2.75) is 188 Å². The van der Waals surface area contributed by atoms with Crippen molar-refractivity contribution in [1.29, 1.82) is 0 Å². The van der Waals surface area contributed by atoms with Crippen LogP contribution in [-0.4, -0.2) is 163 Å². The highest BCUT2D eigenvalue weighted by Gasteiger charge is 2.28. The van der Waals surface area contributed by atoms with E-state index in [9.17, 15) is 67.1 Å². The molecule has 0 aromatic carbocycles. The van der Waals surface area contributed by atoms with Gasteiger partial charge in [-0.1, -0.05) is 129 Å². The first kappa shape index (κ1) is 74.2. The molecule has 0 aromatic rings. The van der Waals surface area contributed by atoms with Crippen LogP contribution in [0.25, 0.3) is 0 Å². The molecule has 7 aliphatic heterocycles. The molecule has 0 spiro atoms. The number of amides is 14. The minimum absolute atomic E-state index is 0.128. The lowest BCUT2D eigenvalue weighted by Crippen LogP contribution is -2.35. The third-order valence-electron chi connectivity index (χ3n) is 15.2. The van der Waals surface area contributed by atoms with Crippen LogP contribution < -0.4 is 0 Å². The predicted octanol–water partition coefficient (Wildman–Crippen LogP) is 8.41. The topological polar surface area (TPSA) is 262 Å². The first-order valence-electron chi connectivity index (χ1n) is 31.7. The van der Waals surface area contributed by atoms with Gasteiger partial charge >= 0.3 is 0 Å². The third-order valence-corrected chi connectivity index (χ3v) is 15.2. The second kappa shape index (κ2) is 42.7. The van der Waals surface area contributed by atoms with Crippen LogP contribution in [0, 0.1) is 5.92 Å². The standard InChI is InChI=1S/C22H37NO2.C19H26N2O4.C14H16N2O4.2C6H7NO2/c1-2-3-4-5-6-7-8-9-10-11-12-13-14-15-16-17-20-23-21(24)18-19-22(23)25;22-16-10-11-17(23)20(16)14-8-6-4-2-1-3-5-7-9-15-21-18(24)12-13-19(21)25;1-10(9-16-13(19)6-7-14(16)20)3-2-8-15-11(17)4-5-12(15)18;2*1-2-7-5(8)3-4-6(7)9/h10-11,18-19H,2-9,12-17,20H2,1H3;10-13H,1-9,14-15H2;4-7,10H,2-3,8-9H2,1H3;2*3-4H,2H2,1H3/b11-10+;;;;. The molecule has 0 aliphatic carbocycles. The van der Waals surface area contributed by atoms with Crippen LogP contribution in [0.3, 0.4) is 0 Å². The van der Waals surface area contributed by atoms with Crippen LogP contribution in [-0.2, 0) is 67.1 Å². The van der Waals surface area contributed by atoms with E-state index in [0.717, 1.165) is 70.6 Å². The zero-order valence-electron chi connectivity index (χ0n) is 52.3. The van der Waals surface area contributed by atoms with Gasteiger partial charge in [-0.25, -0.2) is 0 Å². The van der Waals surface area contributed by atoms with Crippen LogP contribution in [0.4, 0.5) is 0 Å². The Morgan fingerprint density at radius 3 is 0.705 bits per heavy atom. The molecule has 88 heavy (non-hydrogen) atoms. The summed E-state index contributed by atoms with van der Waals surface area (Å²) in [5.41, 5.74) is 0. The van der Waals surface area contributed by atoms with Gasteiger partial charge in [0, 0.05) is 131 Å². The molecule has 21 heteroatoms. The van der Waals surface area contributed by atoms with Gasteiger partial charge < -0.3 is 0 Å². The average molecular weight is 1220 g/mol. The Morgan fingerprint density at radius 1 is 0.261 bits per heavy atom. The SMILES string of the molecule is CC(CCCN1C(=O)C=CC1=O)CN1C(=O)C=CC1=O.CCCCCCCCC/C=C/CCCCCCCN1C(=O)C=CC1=O.CCN1C(=O)C=CC1=O.CCN1C(=O)C=CC1=O.O=C1C=CC(=O)N1CCCCCCCCCCCN1C(=O)C=CC1=O. The Hall–Kier alpha value is -8.10. The number of hydrogen-bond acceptors (Lipinski definition) is 14. The van der Waals surface area contributed by atoms with Crippen LogP contribution >= 0.6 is 0 Å². The van der Waals surface area contributed by atoms with E-state index in [4.69, 9.17) is 0 Å². The smallest absolute Gasteiger partial charge is 0.253 e. The summed E-state index contributed by atoms with van der Waals surface area (Å²) in [6.45, 7) is 11.0. The van der Waals surface area contributed by atoms with Crippen LogP contribution in [0.2, 0.25) is 0 Å². The summed E-state index contributed by atoms with van der Waals surface area (Å²) in [7, 11) is 0. The lowest BCUT2D eigenvalue weighted by Gasteiger charge is -2.20. The van der Waals surface area contributed by atoms with Gasteiger partial charge in [-0.2, -0.15) is 0 Å². The van der Waals surface area contributed by atoms with Gasteiger partial charge in [0.2, 0.25) is 0 Å². The fraction of sp³-hybridized carbons (Fsp3) is 0.552. The van der Waals surface area contributed by atoms with Crippen LogP contribution in [0.5, 0.6) is 0 Å². The normalized spacial score (nSPS) is 16.9. The highest BCUT2D eigenvalue weighted by atomic mass is 16.2. The second-order valence-corrected chi connectivity index (χ2v) is 22.1. The third kappa shape index (κ3) is 27.7. The van der Waals surface area contributed by atoms with Crippen molar-refractivity contribution in [2.75, 3.05) is 45.8 Å². The summed E-state index contributed by atoms with van der Waals surface area (Å²) in [4.78, 5) is 165. The van der Waals surface area contributed by atoms with Gasteiger partial charge in [-0.05, 0) is 77.6 Å². The number of carbonyl (C=O) groups excluding carboxylic acids is 14. The Morgan fingerprint density at radius 2 is 0.466 bits per heavy atom. The molecular formula is C67H93N7O14. The first-order chi connectivity index (χ1) is 42.3. The summed E-state index contributed by atoms with van der Waals surface area (Å²) in [5, 5.41) is 0. The van der Waals surface area contributed by atoms with E-state index in [1.165, 1.54) is 203 Å². The maximum absolute atomic E-state index is 11.4. The van der Waals surface area contributed by atoms with E-state index in [-0.39, 0.29) is 88.6 Å².